The first kappa shape index (κ1) is 38.6. The van der Waals surface area contributed by atoms with Crippen LogP contribution in [0.3, 0.4) is 0 Å². The molecule has 1 rings (SSSR count). The van der Waals surface area contributed by atoms with Crippen LogP contribution in [-0.4, -0.2) is 11.7 Å². The van der Waals surface area contributed by atoms with Crippen LogP contribution < -0.4 is 0 Å². The minimum Gasteiger partial charge on any atom is -0.384 e. The van der Waals surface area contributed by atoms with Gasteiger partial charge in [-0.1, -0.05) is 192 Å². The van der Waals surface area contributed by atoms with Crippen molar-refractivity contribution in [1.29, 1.82) is 0 Å². The zero-order chi connectivity index (χ0) is 30.2. The predicted molar refractivity (Wildman–Crippen MR) is 194 cm³/mol. The Balaban J connectivity index is 2.49. The molecule has 0 atom stereocenters. The molecule has 42 heavy (non-hydrogen) atoms. The molecule has 0 aromatic carbocycles. The molecule has 1 aliphatic rings. The Morgan fingerprint density at radius 3 is 1.38 bits per heavy atom. The topological polar surface area (TPSA) is 3.24 Å². The van der Waals surface area contributed by atoms with Gasteiger partial charge >= 0.3 is 6.85 Å². The molecule has 0 spiro atoms. The van der Waals surface area contributed by atoms with Crippen LogP contribution in [0.4, 0.5) is 0 Å². The van der Waals surface area contributed by atoms with Crippen LogP contribution in [0, 0.1) is 0 Å². The predicted octanol–water partition coefficient (Wildman–Crippen LogP) is 14.0. The molecule has 2 heteroatoms. The van der Waals surface area contributed by atoms with Crippen molar-refractivity contribution >= 4 is 6.85 Å². The van der Waals surface area contributed by atoms with Crippen LogP contribution in [0.25, 0.3) is 0 Å². The van der Waals surface area contributed by atoms with Crippen LogP contribution in [0.1, 0.15) is 194 Å². The summed E-state index contributed by atoms with van der Waals surface area (Å²) < 4.78 is 0. The summed E-state index contributed by atoms with van der Waals surface area (Å²) in [7, 11) is 0. The average molecular weight is 578 g/mol. The lowest BCUT2D eigenvalue weighted by Gasteiger charge is -2.28. The van der Waals surface area contributed by atoms with Crippen molar-refractivity contribution in [3.8, 4) is 0 Å². The molecule has 0 aliphatic carbocycles. The zero-order valence-corrected chi connectivity index (χ0v) is 28.8. The second kappa shape index (κ2) is 31.0. The molecule has 0 saturated carbocycles. The van der Waals surface area contributed by atoms with Gasteiger partial charge in [-0.05, 0) is 56.9 Å². The first-order valence-corrected chi connectivity index (χ1v) is 19.0. The summed E-state index contributed by atoms with van der Waals surface area (Å²) in [6, 6.07) is 0. The van der Waals surface area contributed by atoms with Gasteiger partial charge in [-0.3, -0.25) is 0 Å². The molecule has 0 saturated heterocycles. The quantitative estimate of drug-likeness (QED) is 0.0606. The van der Waals surface area contributed by atoms with Gasteiger partial charge in [-0.2, -0.15) is 0 Å². The average Bonchev–Trinajstić information content (AvgIpc) is 3.00. The minimum atomic E-state index is 0.335. The Labute approximate surface area is 265 Å². The van der Waals surface area contributed by atoms with Crippen molar-refractivity contribution in [2.75, 3.05) is 0 Å². The van der Waals surface area contributed by atoms with Crippen LogP contribution >= 0.6 is 0 Å². The second-order valence-corrected chi connectivity index (χ2v) is 12.9. The monoisotopic (exact) mass is 578 g/mol. The van der Waals surface area contributed by atoms with Crippen molar-refractivity contribution < 1.29 is 0 Å². The molecule has 0 amide bonds. The summed E-state index contributed by atoms with van der Waals surface area (Å²) in [5, 5.41) is 0. The van der Waals surface area contributed by atoms with Gasteiger partial charge in [0.05, 0.1) is 0 Å². The molecule has 0 aromatic rings. The first-order valence-electron chi connectivity index (χ1n) is 19.0. The Morgan fingerprint density at radius 1 is 0.500 bits per heavy atom. The van der Waals surface area contributed by atoms with E-state index in [4.69, 9.17) is 0 Å². The minimum absolute atomic E-state index is 0.335. The molecule has 0 aromatic heterocycles. The molecule has 1 heterocycles. The molecule has 0 N–H and O–H groups in total. The van der Waals surface area contributed by atoms with Gasteiger partial charge in [-0.25, -0.2) is 0 Å². The molecular weight excluding hydrogens is 505 g/mol. The Bertz CT molecular complexity index is 715. The van der Waals surface area contributed by atoms with Crippen LogP contribution in [0.15, 0.2) is 60.3 Å². The SMILES string of the molecule is CCCCCCCCCC/C=C/B1C=CC=C(/C=C/CCCCCCCCCC)N1/C=C/CCCCCCCCCC. The van der Waals surface area contributed by atoms with E-state index in [9.17, 15) is 0 Å². The van der Waals surface area contributed by atoms with E-state index in [1.807, 2.05) is 0 Å². The first-order chi connectivity index (χ1) is 20.8. The van der Waals surface area contributed by atoms with Crippen molar-refractivity contribution in [1.82, 2.24) is 4.81 Å². The fourth-order valence-electron chi connectivity index (χ4n) is 5.92. The zero-order valence-electron chi connectivity index (χ0n) is 28.8. The Hall–Kier alpha value is -1.44. The van der Waals surface area contributed by atoms with Crippen molar-refractivity contribution in [2.24, 2.45) is 0 Å². The van der Waals surface area contributed by atoms with E-state index in [-0.39, 0.29) is 0 Å². The lowest BCUT2D eigenvalue weighted by molar-refractivity contribution is 0.576. The number of rotatable bonds is 30. The van der Waals surface area contributed by atoms with Gasteiger partial charge < -0.3 is 4.81 Å². The van der Waals surface area contributed by atoms with Gasteiger partial charge in [0.25, 0.3) is 0 Å². The number of hydrogen-bond acceptors (Lipinski definition) is 1. The number of hydrogen-bond donors (Lipinski definition) is 0. The number of nitrogens with zero attached hydrogens (tertiary/aromatic N) is 1. The van der Waals surface area contributed by atoms with E-state index in [1.165, 1.54) is 179 Å². The van der Waals surface area contributed by atoms with E-state index in [2.05, 4.69) is 80.2 Å². The van der Waals surface area contributed by atoms with Gasteiger partial charge in [0.1, 0.15) is 0 Å². The largest absolute Gasteiger partial charge is 0.384 e. The van der Waals surface area contributed by atoms with Crippen molar-refractivity contribution in [2.45, 2.75) is 194 Å². The summed E-state index contributed by atoms with van der Waals surface area (Å²) in [4.78, 5) is 2.50. The molecule has 0 fully saturated rings. The molecular formula is C40H72BN. The lowest BCUT2D eigenvalue weighted by atomic mass is 9.58. The van der Waals surface area contributed by atoms with Gasteiger partial charge in [0.2, 0.25) is 0 Å². The molecule has 0 bridgehead atoms. The van der Waals surface area contributed by atoms with Crippen molar-refractivity contribution in [3.05, 3.63) is 60.3 Å². The smallest absolute Gasteiger partial charge is 0.312 e. The molecule has 1 aliphatic heterocycles. The Kier molecular flexibility index (Phi) is 28.5. The maximum atomic E-state index is 2.50. The molecule has 240 valence electrons. The third-order valence-corrected chi connectivity index (χ3v) is 8.76. The van der Waals surface area contributed by atoms with Gasteiger partial charge in [0, 0.05) is 5.70 Å². The summed E-state index contributed by atoms with van der Waals surface area (Å²) >= 11 is 0. The summed E-state index contributed by atoms with van der Waals surface area (Å²) in [5.41, 5.74) is 1.34. The van der Waals surface area contributed by atoms with E-state index in [0.717, 1.165) is 0 Å². The van der Waals surface area contributed by atoms with Crippen LogP contribution in [-0.2, 0) is 0 Å². The number of allylic oxidation sites excluding steroid dienone is 6. The lowest BCUT2D eigenvalue weighted by Crippen LogP contribution is -2.33. The second-order valence-electron chi connectivity index (χ2n) is 12.9. The molecule has 0 radical (unpaired) electrons. The standard InChI is InChI=1S/C40H72BN/c1-4-7-10-13-16-19-22-25-28-31-35-40-36-34-38-41(37-32-29-26-23-20-17-14-11-8-5-2)42(40)39-33-30-27-24-21-18-15-12-9-6-3/h31-39H,4-30H2,1-3H3/b35-31+,37-32+,39-33+. The van der Waals surface area contributed by atoms with Crippen molar-refractivity contribution in [3.63, 3.8) is 0 Å². The highest BCUT2D eigenvalue weighted by Gasteiger charge is 2.19. The van der Waals surface area contributed by atoms with E-state index in [0.29, 0.717) is 6.85 Å². The molecule has 0 unspecified atom stereocenters. The van der Waals surface area contributed by atoms with E-state index in [1.54, 1.807) is 0 Å². The van der Waals surface area contributed by atoms with Crippen LogP contribution in [0.5, 0.6) is 0 Å². The summed E-state index contributed by atoms with van der Waals surface area (Å²) in [5.74, 6) is 4.80. The Morgan fingerprint density at radius 2 is 0.905 bits per heavy atom. The summed E-state index contributed by atoms with van der Waals surface area (Å²) in [6.45, 7) is 7.24. The third-order valence-electron chi connectivity index (χ3n) is 8.76. The van der Waals surface area contributed by atoms with Gasteiger partial charge in [-0.15, -0.1) is 0 Å². The highest BCUT2D eigenvalue weighted by molar-refractivity contribution is 6.67. The van der Waals surface area contributed by atoms with Crippen LogP contribution in [0.2, 0.25) is 0 Å². The fraction of sp³-hybridized carbons (Fsp3) is 0.750. The third kappa shape index (κ3) is 23.1. The van der Waals surface area contributed by atoms with E-state index < -0.39 is 0 Å². The van der Waals surface area contributed by atoms with Gasteiger partial charge in [0.15, 0.2) is 0 Å². The number of unbranched alkanes of at least 4 members (excludes halogenated alkanes) is 24. The highest BCUT2D eigenvalue weighted by Crippen LogP contribution is 2.19. The maximum Gasteiger partial charge on any atom is 0.312 e. The normalized spacial score (nSPS) is 13.9. The highest BCUT2D eigenvalue weighted by atomic mass is 15.0. The fourth-order valence-corrected chi connectivity index (χ4v) is 5.92. The molecule has 1 nitrogen and oxygen atoms in total. The van der Waals surface area contributed by atoms with E-state index >= 15 is 0 Å². The summed E-state index contributed by atoms with van der Waals surface area (Å²) in [6.07, 6.45) is 53.6. The maximum absolute atomic E-state index is 2.50.